The molecule has 0 saturated carbocycles. The molecule has 0 heterocycles. The van der Waals surface area contributed by atoms with Gasteiger partial charge in [-0.3, -0.25) is 0 Å². The molecular formula is C11H16O3S. The molecule has 0 spiro atoms. The molecule has 0 radical (unpaired) electrons. The van der Waals surface area contributed by atoms with Crippen molar-refractivity contribution in [2.75, 3.05) is 18.6 Å². The first-order valence-electron chi connectivity index (χ1n) is 4.91. The Labute approximate surface area is 91.0 Å². The van der Waals surface area contributed by atoms with Gasteiger partial charge >= 0.3 is 0 Å². The van der Waals surface area contributed by atoms with Crippen molar-refractivity contribution in [2.24, 2.45) is 0 Å². The normalized spacial score (nSPS) is 11.3. The van der Waals surface area contributed by atoms with Gasteiger partial charge in [0.05, 0.1) is 5.75 Å². The lowest BCUT2D eigenvalue weighted by atomic mass is 10.2. The van der Waals surface area contributed by atoms with Gasteiger partial charge < -0.3 is 4.74 Å². The summed E-state index contributed by atoms with van der Waals surface area (Å²) < 4.78 is 27.0. The second kappa shape index (κ2) is 5.16. The summed E-state index contributed by atoms with van der Waals surface area (Å²) in [5, 5.41) is 0. The van der Waals surface area contributed by atoms with Crippen molar-refractivity contribution < 1.29 is 13.2 Å². The fourth-order valence-corrected chi connectivity index (χ4v) is 1.52. The van der Waals surface area contributed by atoms with E-state index < -0.39 is 9.84 Å². The molecule has 0 aromatic heterocycles. The maximum absolute atomic E-state index is 10.8. The van der Waals surface area contributed by atoms with Crippen LogP contribution in [0.2, 0.25) is 0 Å². The van der Waals surface area contributed by atoms with Crippen LogP contribution in [0.4, 0.5) is 0 Å². The van der Waals surface area contributed by atoms with E-state index in [4.69, 9.17) is 4.74 Å². The molecule has 4 heteroatoms. The van der Waals surface area contributed by atoms with E-state index in [9.17, 15) is 8.42 Å². The van der Waals surface area contributed by atoms with E-state index in [0.29, 0.717) is 0 Å². The molecule has 3 nitrogen and oxygen atoms in total. The monoisotopic (exact) mass is 228 g/mol. The van der Waals surface area contributed by atoms with Gasteiger partial charge in [-0.25, -0.2) is 8.42 Å². The third-order valence-corrected chi connectivity index (χ3v) is 2.96. The quantitative estimate of drug-likeness (QED) is 0.770. The molecule has 1 aromatic carbocycles. The minimum absolute atomic E-state index is 0.0581. The van der Waals surface area contributed by atoms with Crippen molar-refractivity contribution in [1.29, 1.82) is 0 Å². The third kappa shape index (κ3) is 4.83. The van der Waals surface area contributed by atoms with E-state index in [1.807, 2.05) is 24.3 Å². The summed E-state index contributed by atoms with van der Waals surface area (Å²) in [4.78, 5) is 0. The Balaban J connectivity index is 2.45. The van der Waals surface area contributed by atoms with Crippen LogP contribution in [0, 0.1) is 0 Å². The average molecular weight is 228 g/mol. The van der Waals surface area contributed by atoms with Crippen molar-refractivity contribution in [3.63, 3.8) is 0 Å². The highest BCUT2D eigenvalue weighted by Crippen LogP contribution is 2.12. The van der Waals surface area contributed by atoms with Gasteiger partial charge in [0.25, 0.3) is 0 Å². The number of benzene rings is 1. The van der Waals surface area contributed by atoms with Crippen LogP contribution >= 0.6 is 0 Å². The number of hydrogen-bond donors (Lipinski definition) is 0. The fourth-order valence-electron chi connectivity index (χ4n) is 1.13. The highest BCUT2D eigenvalue weighted by Gasteiger charge is 2.02. The van der Waals surface area contributed by atoms with Crippen LogP contribution in [-0.2, 0) is 16.3 Å². The topological polar surface area (TPSA) is 43.4 Å². The molecule has 0 aliphatic rings. The second-order valence-corrected chi connectivity index (χ2v) is 5.74. The summed E-state index contributed by atoms with van der Waals surface area (Å²) in [7, 11) is -2.93. The van der Waals surface area contributed by atoms with Crippen molar-refractivity contribution >= 4 is 9.84 Å². The van der Waals surface area contributed by atoms with E-state index in [1.54, 1.807) is 0 Å². The first kappa shape index (κ1) is 12.0. The van der Waals surface area contributed by atoms with Gasteiger partial charge in [-0.1, -0.05) is 19.1 Å². The number of ether oxygens (including phenoxy) is 1. The predicted molar refractivity (Wildman–Crippen MR) is 61.0 cm³/mol. The van der Waals surface area contributed by atoms with Crippen molar-refractivity contribution in [1.82, 2.24) is 0 Å². The van der Waals surface area contributed by atoms with Crippen molar-refractivity contribution in [3.05, 3.63) is 29.8 Å². The Kier molecular flexibility index (Phi) is 4.15. The summed E-state index contributed by atoms with van der Waals surface area (Å²) in [6.45, 7) is 2.30. The lowest BCUT2D eigenvalue weighted by Gasteiger charge is -2.05. The molecule has 15 heavy (non-hydrogen) atoms. The maximum Gasteiger partial charge on any atom is 0.150 e. The van der Waals surface area contributed by atoms with Crippen LogP contribution in [0.25, 0.3) is 0 Å². The predicted octanol–water partition coefficient (Wildman–Crippen LogP) is 1.67. The Hall–Kier alpha value is -1.03. The van der Waals surface area contributed by atoms with Crippen LogP contribution in [0.3, 0.4) is 0 Å². The molecule has 0 saturated heterocycles. The molecule has 0 amide bonds. The zero-order chi connectivity index (χ0) is 11.3. The molecule has 0 aliphatic heterocycles. The molecule has 1 aromatic rings. The van der Waals surface area contributed by atoms with Gasteiger partial charge in [0.15, 0.2) is 9.84 Å². The smallest absolute Gasteiger partial charge is 0.150 e. The lowest BCUT2D eigenvalue weighted by molar-refractivity contribution is 0.341. The Morgan fingerprint density at radius 1 is 1.20 bits per heavy atom. The standard InChI is InChI=1S/C11H16O3S/c1-3-10-4-6-11(7-5-10)14-8-9-15(2,12)13/h4-7H,3,8-9H2,1-2H3. The van der Waals surface area contributed by atoms with Gasteiger partial charge in [0.1, 0.15) is 12.4 Å². The highest BCUT2D eigenvalue weighted by atomic mass is 32.2. The zero-order valence-electron chi connectivity index (χ0n) is 9.06. The summed E-state index contributed by atoms with van der Waals surface area (Å²) in [6, 6.07) is 7.69. The molecule has 0 bridgehead atoms. The van der Waals surface area contributed by atoms with Gasteiger partial charge in [-0.15, -0.1) is 0 Å². The largest absolute Gasteiger partial charge is 0.493 e. The molecule has 0 aliphatic carbocycles. The molecule has 0 fully saturated rings. The molecule has 0 atom stereocenters. The van der Waals surface area contributed by atoms with E-state index in [2.05, 4.69) is 6.92 Å². The average Bonchev–Trinajstić information content (AvgIpc) is 2.17. The van der Waals surface area contributed by atoms with Crippen molar-refractivity contribution in [2.45, 2.75) is 13.3 Å². The number of hydrogen-bond acceptors (Lipinski definition) is 3. The fraction of sp³-hybridized carbons (Fsp3) is 0.455. The summed E-state index contributed by atoms with van der Waals surface area (Å²) in [5.41, 5.74) is 1.24. The van der Waals surface area contributed by atoms with Gasteiger partial charge in [0.2, 0.25) is 0 Å². The van der Waals surface area contributed by atoms with Crippen molar-refractivity contribution in [3.8, 4) is 5.75 Å². The highest BCUT2D eigenvalue weighted by molar-refractivity contribution is 7.90. The first-order chi connectivity index (χ1) is 7.01. The van der Waals surface area contributed by atoms with Gasteiger partial charge in [-0.2, -0.15) is 0 Å². The lowest BCUT2D eigenvalue weighted by Crippen LogP contribution is -2.11. The van der Waals surface area contributed by atoms with E-state index in [-0.39, 0.29) is 12.4 Å². The molecular weight excluding hydrogens is 212 g/mol. The second-order valence-electron chi connectivity index (χ2n) is 3.48. The van der Waals surface area contributed by atoms with Crippen LogP contribution < -0.4 is 4.74 Å². The first-order valence-corrected chi connectivity index (χ1v) is 6.97. The third-order valence-electron chi connectivity index (χ3n) is 2.05. The Morgan fingerprint density at radius 3 is 2.27 bits per heavy atom. The van der Waals surface area contributed by atoms with Crippen LogP contribution in [0.1, 0.15) is 12.5 Å². The van der Waals surface area contributed by atoms with Crippen LogP contribution in [0.5, 0.6) is 5.75 Å². The maximum atomic E-state index is 10.8. The Morgan fingerprint density at radius 2 is 1.80 bits per heavy atom. The van der Waals surface area contributed by atoms with E-state index in [1.165, 1.54) is 11.8 Å². The molecule has 84 valence electrons. The summed E-state index contributed by atoms with van der Waals surface area (Å²) >= 11 is 0. The summed E-state index contributed by atoms with van der Waals surface area (Å²) in [5.74, 6) is 0.776. The molecule has 0 N–H and O–H groups in total. The summed E-state index contributed by atoms with van der Waals surface area (Å²) in [6.07, 6.45) is 2.19. The SMILES string of the molecule is CCc1ccc(OCCS(C)(=O)=O)cc1. The number of rotatable bonds is 5. The molecule has 0 unspecified atom stereocenters. The van der Waals surface area contributed by atoms with E-state index in [0.717, 1.165) is 12.2 Å². The Bertz CT molecular complexity index is 392. The molecule has 1 rings (SSSR count). The van der Waals surface area contributed by atoms with Crippen LogP contribution in [-0.4, -0.2) is 27.0 Å². The minimum Gasteiger partial charge on any atom is -0.493 e. The van der Waals surface area contributed by atoms with Gasteiger partial charge in [-0.05, 0) is 24.1 Å². The minimum atomic E-state index is -2.93. The number of aryl methyl sites for hydroxylation is 1. The van der Waals surface area contributed by atoms with Gasteiger partial charge in [0, 0.05) is 6.26 Å². The number of sulfone groups is 1. The zero-order valence-corrected chi connectivity index (χ0v) is 9.88. The van der Waals surface area contributed by atoms with Crippen LogP contribution in [0.15, 0.2) is 24.3 Å². The van der Waals surface area contributed by atoms with E-state index >= 15 is 0 Å².